The van der Waals surface area contributed by atoms with E-state index < -0.39 is 16.0 Å². The smallest absolute Gasteiger partial charge is 0.334 e. The molecule has 1 N–H and O–H groups in total. The standard InChI is InChI=1S/C11H11BrN2O4S/c1-14-10(6-11(15)18-2)13-8-4-3-7(12)5-9(8)19(14,16)17/h3-6,13H,1-2H3/b10-6-. The summed E-state index contributed by atoms with van der Waals surface area (Å²) in [5.41, 5.74) is 0.413. The molecule has 1 aromatic carbocycles. The van der Waals surface area contributed by atoms with E-state index in [1.165, 1.54) is 20.2 Å². The Morgan fingerprint density at radius 1 is 1.47 bits per heavy atom. The number of sulfonamides is 1. The minimum atomic E-state index is -3.68. The number of hydrogen-bond acceptors (Lipinski definition) is 5. The van der Waals surface area contributed by atoms with E-state index in [-0.39, 0.29) is 10.7 Å². The highest BCUT2D eigenvalue weighted by Gasteiger charge is 2.32. The topological polar surface area (TPSA) is 75.7 Å². The molecule has 0 saturated heterocycles. The van der Waals surface area contributed by atoms with Gasteiger partial charge in [-0.15, -0.1) is 0 Å². The van der Waals surface area contributed by atoms with Crippen molar-refractivity contribution in [3.05, 3.63) is 34.6 Å². The number of esters is 1. The Morgan fingerprint density at radius 3 is 2.79 bits per heavy atom. The molecule has 0 aliphatic carbocycles. The summed E-state index contributed by atoms with van der Waals surface area (Å²) in [7, 11) is -1.10. The highest BCUT2D eigenvalue weighted by molar-refractivity contribution is 9.10. The Labute approximate surface area is 119 Å². The van der Waals surface area contributed by atoms with Crippen molar-refractivity contribution in [2.45, 2.75) is 4.90 Å². The molecule has 0 fully saturated rings. The largest absolute Gasteiger partial charge is 0.466 e. The van der Waals surface area contributed by atoms with Crippen molar-refractivity contribution >= 4 is 37.6 Å². The average molecular weight is 347 g/mol. The third-order valence-corrected chi connectivity index (χ3v) is 4.94. The monoisotopic (exact) mass is 346 g/mol. The van der Waals surface area contributed by atoms with E-state index in [0.29, 0.717) is 10.2 Å². The van der Waals surface area contributed by atoms with Crippen molar-refractivity contribution in [1.82, 2.24) is 4.31 Å². The van der Waals surface area contributed by atoms with Gasteiger partial charge in [-0.25, -0.2) is 13.2 Å². The van der Waals surface area contributed by atoms with Crippen molar-refractivity contribution in [3.8, 4) is 0 Å². The van der Waals surface area contributed by atoms with E-state index in [2.05, 4.69) is 26.0 Å². The zero-order valence-corrected chi connectivity index (χ0v) is 12.6. The molecule has 1 aromatic rings. The van der Waals surface area contributed by atoms with Gasteiger partial charge in [-0.1, -0.05) is 15.9 Å². The van der Waals surface area contributed by atoms with Gasteiger partial charge in [0.15, 0.2) is 0 Å². The van der Waals surface area contributed by atoms with Crippen LogP contribution >= 0.6 is 15.9 Å². The van der Waals surface area contributed by atoms with Gasteiger partial charge >= 0.3 is 5.97 Å². The van der Waals surface area contributed by atoms with Gasteiger partial charge in [0.25, 0.3) is 10.0 Å². The molecule has 0 radical (unpaired) electrons. The summed E-state index contributed by atoms with van der Waals surface area (Å²) in [5.74, 6) is -0.494. The first kappa shape index (κ1) is 13.9. The quantitative estimate of drug-likeness (QED) is 0.616. The van der Waals surface area contributed by atoms with Crippen LogP contribution in [0.5, 0.6) is 0 Å². The zero-order chi connectivity index (χ0) is 14.2. The Morgan fingerprint density at radius 2 is 2.16 bits per heavy atom. The number of hydrogen-bond donors (Lipinski definition) is 1. The van der Waals surface area contributed by atoms with Crippen LogP contribution in [0.3, 0.4) is 0 Å². The number of carbonyl (C=O) groups excluding carboxylic acids is 1. The van der Waals surface area contributed by atoms with Crippen molar-refractivity contribution in [2.24, 2.45) is 0 Å². The van der Waals surface area contributed by atoms with Crippen molar-refractivity contribution in [2.75, 3.05) is 19.5 Å². The van der Waals surface area contributed by atoms with Gasteiger partial charge in [0.1, 0.15) is 10.7 Å². The lowest BCUT2D eigenvalue weighted by Gasteiger charge is -2.30. The fraction of sp³-hybridized carbons (Fsp3) is 0.182. The molecule has 0 saturated carbocycles. The molecule has 8 heteroatoms. The lowest BCUT2D eigenvalue weighted by Crippen LogP contribution is -2.35. The van der Waals surface area contributed by atoms with E-state index in [1.54, 1.807) is 12.1 Å². The lowest BCUT2D eigenvalue weighted by molar-refractivity contribution is -0.134. The van der Waals surface area contributed by atoms with Crippen LogP contribution in [0, 0.1) is 0 Å². The van der Waals surface area contributed by atoms with E-state index in [1.807, 2.05) is 0 Å². The molecule has 1 heterocycles. The average Bonchev–Trinajstić information content (AvgIpc) is 2.37. The Bertz CT molecular complexity index is 669. The molecule has 1 aliphatic heterocycles. The number of ether oxygens (including phenoxy) is 1. The first-order chi connectivity index (χ1) is 8.86. The molecular formula is C11H11BrN2O4S. The van der Waals surface area contributed by atoms with Crippen LogP contribution in [0.4, 0.5) is 5.69 Å². The molecule has 0 spiro atoms. The summed E-state index contributed by atoms with van der Waals surface area (Å²) in [5, 5.41) is 2.88. The van der Waals surface area contributed by atoms with Crippen LogP contribution in [-0.4, -0.2) is 32.8 Å². The summed E-state index contributed by atoms with van der Waals surface area (Å²) in [6.45, 7) is 0. The summed E-state index contributed by atoms with van der Waals surface area (Å²) in [6.07, 6.45) is 1.09. The molecule has 0 aromatic heterocycles. The minimum Gasteiger partial charge on any atom is -0.466 e. The molecule has 6 nitrogen and oxygen atoms in total. The first-order valence-electron chi connectivity index (χ1n) is 5.21. The molecule has 0 atom stereocenters. The van der Waals surface area contributed by atoms with Crippen molar-refractivity contribution in [3.63, 3.8) is 0 Å². The van der Waals surface area contributed by atoms with Gasteiger partial charge in [0.2, 0.25) is 0 Å². The summed E-state index contributed by atoms with van der Waals surface area (Å²) in [4.78, 5) is 11.4. The summed E-state index contributed by atoms with van der Waals surface area (Å²) < 4.78 is 30.8. The maximum absolute atomic E-state index is 12.3. The Balaban J connectivity index is 2.58. The van der Waals surface area contributed by atoms with Crippen molar-refractivity contribution < 1.29 is 17.9 Å². The zero-order valence-electron chi connectivity index (χ0n) is 10.2. The fourth-order valence-electron chi connectivity index (χ4n) is 1.60. The first-order valence-corrected chi connectivity index (χ1v) is 7.44. The SMILES string of the molecule is COC(=O)/C=C1/Nc2ccc(Br)cc2S(=O)(=O)N1C. The lowest BCUT2D eigenvalue weighted by atomic mass is 10.3. The highest BCUT2D eigenvalue weighted by Crippen LogP contribution is 2.34. The number of rotatable bonds is 1. The van der Waals surface area contributed by atoms with Gasteiger partial charge in [0, 0.05) is 11.5 Å². The number of methoxy groups -OCH3 is 1. The third kappa shape index (κ3) is 2.45. The maximum Gasteiger partial charge on any atom is 0.334 e. The van der Waals surface area contributed by atoms with Crippen LogP contribution in [0.25, 0.3) is 0 Å². The van der Waals surface area contributed by atoms with E-state index in [9.17, 15) is 13.2 Å². The van der Waals surface area contributed by atoms with Gasteiger partial charge in [-0.2, -0.15) is 0 Å². The van der Waals surface area contributed by atoms with Crippen LogP contribution in [0.15, 0.2) is 39.5 Å². The molecule has 19 heavy (non-hydrogen) atoms. The number of carbonyl (C=O) groups is 1. The Kier molecular flexibility index (Phi) is 3.55. The fourth-order valence-corrected chi connectivity index (χ4v) is 3.44. The predicted octanol–water partition coefficient (Wildman–Crippen LogP) is 1.51. The van der Waals surface area contributed by atoms with Gasteiger partial charge in [-0.3, -0.25) is 4.31 Å². The second-order valence-corrected chi connectivity index (χ2v) is 6.64. The molecule has 1 aliphatic rings. The number of anilines is 1. The number of nitrogens with zero attached hydrogens (tertiary/aromatic N) is 1. The second kappa shape index (κ2) is 4.86. The number of fused-ring (bicyclic) bond motifs is 1. The second-order valence-electron chi connectivity index (χ2n) is 3.79. The molecule has 102 valence electrons. The molecular weight excluding hydrogens is 336 g/mol. The number of nitrogens with one attached hydrogen (secondary N) is 1. The van der Waals surface area contributed by atoms with Gasteiger partial charge in [-0.05, 0) is 18.2 Å². The van der Waals surface area contributed by atoms with Crippen LogP contribution in [0.1, 0.15) is 0 Å². The summed E-state index contributed by atoms with van der Waals surface area (Å²) in [6, 6.07) is 4.83. The number of benzene rings is 1. The third-order valence-electron chi connectivity index (χ3n) is 2.64. The summed E-state index contributed by atoms with van der Waals surface area (Å²) >= 11 is 3.23. The molecule has 0 bridgehead atoms. The maximum atomic E-state index is 12.3. The Hall–Kier alpha value is -1.54. The van der Waals surface area contributed by atoms with Crippen LogP contribution < -0.4 is 5.32 Å². The molecule has 0 unspecified atom stereocenters. The van der Waals surface area contributed by atoms with Crippen LogP contribution in [-0.2, 0) is 19.6 Å². The normalized spacial score (nSPS) is 18.7. The molecule has 2 rings (SSSR count). The minimum absolute atomic E-state index is 0.140. The highest BCUT2D eigenvalue weighted by atomic mass is 79.9. The van der Waals surface area contributed by atoms with Crippen LogP contribution in [0.2, 0.25) is 0 Å². The molecule has 0 amide bonds. The van der Waals surface area contributed by atoms with E-state index in [0.717, 1.165) is 10.4 Å². The van der Waals surface area contributed by atoms with Gasteiger partial charge < -0.3 is 10.1 Å². The van der Waals surface area contributed by atoms with E-state index in [4.69, 9.17) is 0 Å². The van der Waals surface area contributed by atoms with E-state index >= 15 is 0 Å². The van der Waals surface area contributed by atoms with Crippen molar-refractivity contribution in [1.29, 1.82) is 0 Å². The number of halogens is 1. The van der Waals surface area contributed by atoms with Gasteiger partial charge in [0.05, 0.1) is 18.9 Å². The predicted molar refractivity (Wildman–Crippen MR) is 72.8 cm³/mol.